The van der Waals surface area contributed by atoms with Crippen LogP contribution in [0.5, 0.6) is 0 Å². The molecule has 0 aromatic carbocycles. The lowest BCUT2D eigenvalue weighted by Gasteiger charge is -2.29. The summed E-state index contributed by atoms with van der Waals surface area (Å²) in [4.78, 5) is 0. The molecule has 1 rings (SSSR count). The molecule has 9 heavy (non-hydrogen) atoms. The predicted octanol–water partition coefficient (Wildman–Crippen LogP) is 0.476. The van der Waals surface area contributed by atoms with Gasteiger partial charge in [0.2, 0.25) is 0 Å². The Kier molecular flexibility index (Phi) is 2.05. The van der Waals surface area contributed by atoms with Gasteiger partial charge in [0.05, 0.1) is 6.10 Å². The van der Waals surface area contributed by atoms with Crippen LogP contribution >= 0.6 is 0 Å². The van der Waals surface area contributed by atoms with Crippen LogP contribution in [0.1, 0.15) is 20.3 Å². The number of ether oxygens (including phenoxy) is 2. The number of rotatable bonds is 0. The largest absolute Gasteiger partial charge is 0.368 e. The predicted molar refractivity (Wildman–Crippen MR) is 31.7 cm³/mol. The van der Waals surface area contributed by atoms with E-state index in [1.54, 1.807) is 6.92 Å². The molecule has 0 aliphatic carbocycles. The number of hydrogen-bond acceptors (Lipinski definition) is 3. The van der Waals surface area contributed by atoms with Crippen LogP contribution in [0.25, 0.3) is 0 Å². The molecule has 3 heteroatoms. The standard InChI is InChI=1S/C6H12O3/c1-4-3-6(7)9-5(2)8-4/h4-7H,3H2,1-2H3/t4-,5-,6-/m1/s1. The summed E-state index contributed by atoms with van der Waals surface area (Å²) in [5.41, 5.74) is 0. The lowest BCUT2D eigenvalue weighted by molar-refractivity contribution is -0.283. The highest BCUT2D eigenvalue weighted by molar-refractivity contribution is 4.58. The summed E-state index contributed by atoms with van der Waals surface area (Å²) in [6.07, 6.45) is -0.208. The minimum Gasteiger partial charge on any atom is -0.368 e. The Morgan fingerprint density at radius 3 is 2.44 bits per heavy atom. The maximum Gasteiger partial charge on any atom is 0.160 e. The zero-order chi connectivity index (χ0) is 6.85. The summed E-state index contributed by atoms with van der Waals surface area (Å²) in [7, 11) is 0. The number of aliphatic hydroxyl groups is 1. The van der Waals surface area contributed by atoms with Crippen LogP contribution in [0.3, 0.4) is 0 Å². The maximum absolute atomic E-state index is 8.95. The highest BCUT2D eigenvalue weighted by atomic mass is 16.7. The van der Waals surface area contributed by atoms with Gasteiger partial charge in [-0.25, -0.2) is 0 Å². The summed E-state index contributed by atoms with van der Waals surface area (Å²) < 4.78 is 10.1. The van der Waals surface area contributed by atoms with E-state index in [0.717, 1.165) is 0 Å². The average Bonchev–Trinajstić information content (AvgIpc) is 1.59. The van der Waals surface area contributed by atoms with Crippen LogP contribution in [-0.4, -0.2) is 23.8 Å². The molecule has 1 fully saturated rings. The second-order valence-corrected chi connectivity index (χ2v) is 2.34. The van der Waals surface area contributed by atoms with Crippen molar-refractivity contribution in [2.45, 2.75) is 39.0 Å². The fourth-order valence-electron chi connectivity index (χ4n) is 0.975. The molecule has 1 N–H and O–H groups in total. The van der Waals surface area contributed by atoms with Crippen LogP contribution in [0.4, 0.5) is 0 Å². The van der Waals surface area contributed by atoms with Crippen LogP contribution in [-0.2, 0) is 9.47 Å². The van der Waals surface area contributed by atoms with Gasteiger partial charge in [-0.05, 0) is 13.8 Å². The molecule has 1 heterocycles. The first-order valence-corrected chi connectivity index (χ1v) is 3.17. The van der Waals surface area contributed by atoms with Gasteiger partial charge in [0.25, 0.3) is 0 Å². The minimum atomic E-state index is -0.635. The smallest absolute Gasteiger partial charge is 0.160 e. The van der Waals surface area contributed by atoms with Crippen LogP contribution in [0.2, 0.25) is 0 Å². The topological polar surface area (TPSA) is 38.7 Å². The Morgan fingerprint density at radius 1 is 1.33 bits per heavy atom. The Hall–Kier alpha value is -0.120. The van der Waals surface area contributed by atoms with E-state index in [2.05, 4.69) is 0 Å². The molecule has 0 spiro atoms. The van der Waals surface area contributed by atoms with Crippen LogP contribution in [0.15, 0.2) is 0 Å². The van der Waals surface area contributed by atoms with Crippen LogP contribution < -0.4 is 0 Å². The summed E-state index contributed by atoms with van der Waals surface area (Å²) in [6, 6.07) is 0. The fraction of sp³-hybridized carbons (Fsp3) is 1.00. The van der Waals surface area contributed by atoms with E-state index < -0.39 is 6.29 Å². The van der Waals surface area contributed by atoms with E-state index in [1.165, 1.54) is 0 Å². The zero-order valence-corrected chi connectivity index (χ0v) is 5.70. The molecule has 0 amide bonds. The molecule has 0 bridgehead atoms. The second kappa shape index (κ2) is 2.64. The lowest BCUT2D eigenvalue weighted by Crippen LogP contribution is -2.34. The van der Waals surface area contributed by atoms with E-state index in [0.29, 0.717) is 6.42 Å². The van der Waals surface area contributed by atoms with Gasteiger partial charge >= 0.3 is 0 Å². The average molecular weight is 132 g/mol. The van der Waals surface area contributed by atoms with Crippen molar-refractivity contribution in [3.8, 4) is 0 Å². The minimum absolute atomic E-state index is 0.115. The van der Waals surface area contributed by atoms with Crippen molar-refractivity contribution in [1.82, 2.24) is 0 Å². The molecular formula is C6H12O3. The van der Waals surface area contributed by atoms with E-state index in [-0.39, 0.29) is 12.4 Å². The molecule has 0 aromatic rings. The van der Waals surface area contributed by atoms with Crippen molar-refractivity contribution in [3.05, 3.63) is 0 Å². The Bertz CT molecular complexity index is 69.3. The molecule has 0 unspecified atom stereocenters. The van der Waals surface area contributed by atoms with Gasteiger partial charge in [0.1, 0.15) is 0 Å². The molecule has 1 saturated heterocycles. The Morgan fingerprint density at radius 2 is 2.00 bits per heavy atom. The van der Waals surface area contributed by atoms with Gasteiger partial charge in [-0.3, -0.25) is 0 Å². The van der Waals surface area contributed by atoms with Crippen molar-refractivity contribution >= 4 is 0 Å². The molecule has 0 aromatic heterocycles. The monoisotopic (exact) mass is 132 g/mol. The van der Waals surface area contributed by atoms with Gasteiger partial charge in [0, 0.05) is 6.42 Å². The highest BCUT2D eigenvalue weighted by Crippen LogP contribution is 2.15. The molecule has 0 saturated carbocycles. The molecule has 3 atom stereocenters. The lowest BCUT2D eigenvalue weighted by atomic mass is 10.2. The first-order valence-electron chi connectivity index (χ1n) is 3.17. The SMILES string of the molecule is C[C@@H]1O[C@H](C)C[C@H](O)O1. The van der Waals surface area contributed by atoms with E-state index in [1.807, 2.05) is 6.92 Å². The third kappa shape index (κ3) is 1.93. The number of hydrogen-bond donors (Lipinski definition) is 1. The first-order chi connectivity index (χ1) is 4.18. The molecule has 1 aliphatic rings. The van der Waals surface area contributed by atoms with Gasteiger partial charge in [0.15, 0.2) is 12.6 Å². The molecule has 1 aliphatic heterocycles. The van der Waals surface area contributed by atoms with Gasteiger partial charge < -0.3 is 14.6 Å². The first kappa shape index (κ1) is 6.99. The van der Waals surface area contributed by atoms with Gasteiger partial charge in [-0.1, -0.05) is 0 Å². The van der Waals surface area contributed by atoms with Crippen molar-refractivity contribution in [2.75, 3.05) is 0 Å². The van der Waals surface area contributed by atoms with Crippen molar-refractivity contribution in [1.29, 1.82) is 0 Å². The normalized spacial score (nSPS) is 45.0. The van der Waals surface area contributed by atoms with Gasteiger partial charge in [-0.15, -0.1) is 0 Å². The second-order valence-electron chi connectivity index (χ2n) is 2.34. The van der Waals surface area contributed by atoms with E-state index >= 15 is 0 Å². The highest BCUT2D eigenvalue weighted by Gasteiger charge is 2.22. The van der Waals surface area contributed by atoms with Crippen LogP contribution in [0, 0.1) is 0 Å². The van der Waals surface area contributed by atoms with E-state index in [4.69, 9.17) is 14.6 Å². The Balaban J connectivity index is 2.34. The molecule has 54 valence electrons. The maximum atomic E-state index is 8.95. The number of aliphatic hydroxyl groups excluding tert-OH is 1. The fourth-order valence-corrected chi connectivity index (χ4v) is 0.975. The third-order valence-electron chi connectivity index (χ3n) is 1.31. The quantitative estimate of drug-likeness (QED) is 0.521. The summed E-state index contributed by atoms with van der Waals surface area (Å²) in [5, 5.41) is 8.95. The van der Waals surface area contributed by atoms with Gasteiger partial charge in [-0.2, -0.15) is 0 Å². The summed E-state index contributed by atoms with van der Waals surface area (Å²) in [5.74, 6) is 0. The van der Waals surface area contributed by atoms with Crippen molar-refractivity contribution in [3.63, 3.8) is 0 Å². The Labute approximate surface area is 54.6 Å². The van der Waals surface area contributed by atoms with Crippen molar-refractivity contribution in [2.24, 2.45) is 0 Å². The van der Waals surface area contributed by atoms with Crippen molar-refractivity contribution < 1.29 is 14.6 Å². The van der Waals surface area contributed by atoms with E-state index in [9.17, 15) is 0 Å². The third-order valence-corrected chi connectivity index (χ3v) is 1.31. The summed E-state index contributed by atoms with van der Waals surface area (Å²) >= 11 is 0. The molecule has 3 nitrogen and oxygen atoms in total. The molecular weight excluding hydrogens is 120 g/mol. The molecule has 0 radical (unpaired) electrons. The summed E-state index contributed by atoms with van der Waals surface area (Å²) in [6.45, 7) is 3.70. The zero-order valence-electron chi connectivity index (χ0n) is 5.70.